The van der Waals surface area contributed by atoms with Crippen LogP contribution >= 0.6 is 24.0 Å². The molecule has 1 N–H and O–H groups in total. The van der Waals surface area contributed by atoms with Crippen molar-refractivity contribution in [3.05, 3.63) is 29.3 Å². The van der Waals surface area contributed by atoms with Crippen LogP contribution in [0.25, 0.3) is 11.4 Å². The Balaban J connectivity index is 1.79. The first-order valence-corrected chi connectivity index (χ1v) is 9.13. The van der Waals surface area contributed by atoms with Gasteiger partial charge in [-0.25, -0.2) is 0 Å². The lowest BCUT2D eigenvalue weighted by molar-refractivity contribution is -0.921. The fraction of sp³-hybridized carbons (Fsp3) is 0.467. The molecular weight excluding hydrogens is 346 g/mol. The number of thioether (sulfide) groups is 1. The molecule has 1 saturated heterocycles. The zero-order chi connectivity index (χ0) is 17.1. The fourth-order valence-electron chi connectivity index (χ4n) is 2.75. The van der Waals surface area contributed by atoms with Crippen molar-refractivity contribution >= 4 is 29.9 Å². The Hall–Kier alpha value is -1.71. The van der Waals surface area contributed by atoms with E-state index < -0.39 is 0 Å². The molecule has 0 amide bonds. The maximum absolute atomic E-state index is 11.8. The second-order valence-electron chi connectivity index (χ2n) is 5.65. The number of ether oxygens (including phenoxy) is 1. The highest BCUT2D eigenvalue weighted by Crippen LogP contribution is 2.16. The number of nitrogens with zero attached hydrogens (tertiary/aromatic N) is 4. The molecule has 3 heterocycles. The molecule has 128 valence electrons. The van der Waals surface area contributed by atoms with Gasteiger partial charge in [-0.05, 0) is 24.4 Å². The third-order valence-corrected chi connectivity index (χ3v) is 5.75. The monoisotopic (exact) mass is 366 g/mol. The van der Waals surface area contributed by atoms with Crippen LogP contribution in [0.1, 0.15) is 0 Å². The first-order chi connectivity index (χ1) is 11.6. The largest absolute Gasteiger partial charge is 0.468 e. The van der Waals surface area contributed by atoms with Crippen LogP contribution in [0.15, 0.2) is 24.5 Å². The predicted molar refractivity (Wildman–Crippen MR) is 94.2 cm³/mol. The number of methoxy groups -OCH3 is 1. The van der Waals surface area contributed by atoms with E-state index in [0.717, 1.165) is 30.2 Å². The van der Waals surface area contributed by atoms with Gasteiger partial charge in [0.15, 0.2) is 17.7 Å². The smallest absolute Gasteiger partial charge is 0.324 e. The van der Waals surface area contributed by atoms with Crippen LogP contribution in [0.5, 0.6) is 0 Å². The SMILES string of the molecule is COC(=O)[C@H]1C[NH+](Cn2nc(-c3ccncc3)n(C)c2=S)CCS1. The molecule has 1 unspecified atom stereocenters. The summed E-state index contributed by atoms with van der Waals surface area (Å²) < 4.78 is 9.28. The van der Waals surface area contributed by atoms with E-state index in [9.17, 15) is 4.79 Å². The van der Waals surface area contributed by atoms with Crippen molar-refractivity contribution in [2.75, 3.05) is 26.0 Å². The number of carbonyl (C=O) groups excluding carboxylic acids is 1. The quantitative estimate of drug-likeness (QED) is 0.614. The number of esters is 1. The minimum Gasteiger partial charge on any atom is -0.468 e. The molecule has 2 aromatic heterocycles. The Morgan fingerprint density at radius 3 is 2.96 bits per heavy atom. The molecule has 2 aromatic rings. The highest BCUT2D eigenvalue weighted by molar-refractivity contribution is 8.00. The van der Waals surface area contributed by atoms with Crippen molar-refractivity contribution in [3.63, 3.8) is 0 Å². The molecule has 2 atom stereocenters. The van der Waals surface area contributed by atoms with Gasteiger partial charge >= 0.3 is 5.97 Å². The Kier molecular flexibility index (Phi) is 5.32. The lowest BCUT2D eigenvalue weighted by atomic mass is 10.2. The number of pyridine rings is 1. The van der Waals surface area contributed by atoms with Crippen molar-refractivity contribution in [2.45, 2.75) is 11.9 Å². The number of aromatic nitrogens is 4. The minimum atomic E-state index is -0.153. The number of rotatable bonds is 4. The maximum atomic E-state index is 11.8. The van der Waals surface area contributed by atoms with Crippen molar-refractivity contribution in [1.82, 2.24) is 19.3 Å². The van der Waals surface area contributed by atoms with Crippen LogP contribution in [0, 0.1) is 4.77 Å². The van der Waals surface area contributed by atoms with Gasteiger partial charge in [0, 0.05) is 30.8 Å². The molecule has 0 saturated carbocycles. The molecular formula is C15H20N5O2S2+. The van der Waals surface area contributed by atoms with Gasteiger partial charge in [-0.15, -0.1) is 16.9 Å². The first-order valence-electron chi connectivity index (χ1n) is 7.67. The summed E-state index contributed by atoms with van der Waals surface area (Å²) in [5, 5.41) is 4.55. The lowest BCUT2D eigenvalue weighted by Gasteiger charge is -2.27. The predicted octanol–water partition coefficient (Wildman–Crippen LogP) is 0.144. The zero-order valence-electron chi connectivity index (χ0n) is 13.6. The molecule has 0 aliphatic carbocycles. The van der Waals surface area contributed by atoms with E-state index in [1.165, 1.54) is 12.0 Å². The standard InChI is InChI=1S/C15H19N5O2S2/c1-18-13(11-3-5-16-6-4-11)17-20(15(18)23)10-19-7-8-24-12(9-19)14(21)22-2/h3-6,12H,7-10H2,1-2H3/p+1/t12-/m1/s1. The summed E-state index contributed by atoms with van der Waals surface area (Å²) in [5.74, 6) is 1.59. The fourth-order valence-corrected chi connectivity index (χ4v) is 4.22. The highest BCUT2D eigenvalue weighted by Gasteiger charge is 2.30. The van der Waals surface area contributed by atoms with Gasteiger partial charge in [0.2, 0.25) is 4.77 Å². The first kappa shape index (κ1) is 17.1. The van der Waals surface area contributed by atoms with Crippen LogP contribution in [0.3, 0.4) is 0 Å². The van der Waals surface area contributed by atoms with Crippen LogP contribution < -0.4 is 4.90 Å². The topological polar surface area (TPSA) is 66.4 Å². The molecule has 0 spiro atoms. The Morgan fingerprint density at radius 2 is 2.25 bits per heavy atom. The Morgan fingerprint density at radius 1 is 1.50 bits per heavy atom. The number of nitrogens with one attached hydrogen (secondary N) is 1. The van der Waals surface area contributed by atoms with Crippen LogP contribution in [0.4, 0.5) is 0 Å². The van der Waals surface area contributed by atoms with Gasteiger partial charge in [-0.3, -0.25) is 9.78 Å². The third-order valence-electron chi connectivity index (χ3n) is 4.07. The van der Waals surface area contributed by atoms with Crippen molar-refractivity contribution in [2.24, 2.45) is 7.05 Å². The van der Waals surface area contributed by atoms with Crippen molar-refractivity contribution in [3.8, 4) is 11.4 Å². The van der Waals surface area contributed by atoms with Crippen LogP contribution in [0.2, 0.25) is 0 Å². The number of hydrogen-bond acceptors (Lipinski definition) is 6. The normalized spacial score (nSPS) is 20.8. The van der Waals surface area contributed by atoms with E-state index in [-0.39, 0.29) is 11.2 Å². The van der Waals surface area contributed by atoms with Gasteiger partial charge in [-0.2, -0.15) is 4.68 Å². The van der Waals surface area contributed by atoms with E-state index in [0.29, 0.717) is 11.4 Å². The molecule has 9 heteroatoms. The minimum absolute atomic E-state index is 0.115. The molecule has 1 fully saturated rings. The number of carbonyl (C=O) groups is 1. The molecule has 1 aliphatic heterocycles. The van der Waals surface area contributed by atoms with Gasteiger partial charge in [-0.1, -0.05) is 0 Å². The molecule has 7 nitrogen and oxygen atoms in total. The van der Waals surface area contributed by atoms with Crippen LogP contribution in [-0.4, -0.2) is 56.5 Å². The molecule has 0 aromatic carbocycles. The summed E-state index contributed by atoms with van der Waals surface area (Å²) in [6.45, 7) is 2.34. The van der Waals surface area contributed by atoms with Crippen LogP contribution in [-0.2, 0) is 23.2 Å². The van der Waals surface area contributed by atoms with E-state index in [2.05, 4.69) is 10.1 Å². The summed E-state index contributed by atoms with van der Waals surface area (Å²) in [6, 6.07) is 3.83. The Bertz CT molecular complexity index is 774. The van der Waals surface area contributed by atoms with Crippen molar-refractivity contribution in [1.29, 1.82) is 0 Å². The zero-order valence-corrected chi connectivity index (χ0v) is 15.3. The van der Waals surface area contributed by atoms with Gasteiger partial charge in [0.05, 0.1) is 13.7 Å². The summed E-state index contributed by atoms with van der Waals surface area (Å²) in [5.41, 5.74) is 0.981. The molecule has 3 rings (SSSR count). The molecule has 0 bridgehead atoms. The summed E-state index contributed by atoms with van der Waals surface area (Å²) >= 11 is 7.18. The van der Waals surface area contributed by atoms with Gasteiger partial charge in [0.25, 0.3) is 0 Å². The van der Waals surface area contributed by atoms with Gasteiger partial charge < -0.3 is 14.2 Å². The third kappa shape index (κ3) is 3.52. The number of quaternary nitrogens is 1. The average molecular weight is 366 g/mol. The molecule has 0 radical (unpaired) electrons. The number of hydrogen-bond donors (Lipinski definition) is 1. The lowest BCUT2D eigenvalue weighted by Crippen LogP contribution is -3.14. The summed E-state index contributed by atoms with van der Waals surface area (Å²) in [6.07, 6.45) is 3.48. The highest BCUT2D eigenvalue weighted by atomic mass is 32.2. The second-order valence-corrected chi connectivity index (χ2v) is 7.32. The molecule has 24 heavy (non-hydrogen) atoms. The van der Waals surface area contributed by atoms with Gasteiger partial charge in [0.1, 0.15) is 6.54 Å². The second kappa shape index (κ2) is 7.45. The van der Waals surface area contributed by atoms with E-state index in [1.807, 2.05) is 28.4 Å². The summed E-state index contributed by atoms with van der Waals surface area (Å²) in [4.78, 5) is 17.1. The maximum Gasteiger partial charge on any atom is 0.324 e. The van der Waals surface area contributed by atoms with E-state index >= 15 is 0 Å². The Labute approximate surface area is 149 Å². The average Bonchev–Trinajstić information content (AvgIpc) is 2.90. The van der Waals surface area contributed by atoms with E-state index in [4.69, 9.17) is 17.0 Å². The van der Waals surface area contributed by atoms with E-state index in [1.54, 1.807) is 24.2 Å². The molecule has 1 aliphatic rings. The van der Waals surface area contributed by atoms with Crippen molar-refractivity contribution < 1.29 is 14.4 Å². The summed E-state index contributed by atoms with van der Waals surface area (Å²) in [7, 11) is 3.35.